The number of nitrogens with zero attached hydrogens (tertiary/aromatic N) is 3. The topological polar surface area (TPSA) is 56.3 Å². The van der Waals surface area contributed by atoms with Crippen LogP contribution >= 0.6 is 0 Å². The largest absolute Gasteiger partial charge is 0.382 e. The summed E-state index contributed by atoms with van der Waals surface area (Å²) in [5.74, 6) is 0.599. The van der Waals surface area contributed by atoms with Gasteiger partial charge in [0.15, 0.2) is 0 Å². The third-order valence-electron chi connectivity index (χ3n) is 3.46. The Kier molecular flexibility index (Phi) is 5.01. The highest BCUT2D eigenvalue weighted by molar-refractivity contribution is 5.23. The molecule has 1 saturated heterocycles. The van der Waals surface area contributed by atoms with E-state index in [4.69, 9.17) is 10.5 Å². The van der Waals surface area contributed by atoms with E-state index >= 15 is 0 Å². The zero-order chi connectivity index (χ0) is 12.8. The number of nitrogen functional groups attached to an aromatic ring is 1. The molecule has 1 aliphatic rings. The fourth-order valence-electron chi connectivity index (χ4n) is 2.41. The van der Waals surface area contributed by atoms with Crippen molar-refractivity contribution in [2.45, 2.75) is 38.8 Å². The highest BCUT2D eigenvalue weighted by Gasteiger charge is 2.18. The Labute approximate surface area is 109 Å². The molecule has 0 aromatic carbocycles. The lowest BCUT2D eigenvalue weighted by Crippen LogP contribution is -2.33. The van der Waals surface area contributed by atoms with E-state index in [1.807, 2.05) is 16.9 Å². The number of aromatic nitrogens is 2. The van der Waals surface area contributed by atoms with Crippen molar-refractivity contribution in [2.75, 3.05) is 32.0 Å². The maximum Gasteiger partial charge on any atom is 0.145 e. The van der Waals surface area contributed by atoms with E-state index in [9.17, 15) is 0 Å². The normalized spacial score (nSPS) is 19.8. The summed E-state index contributed by atoms with van der Waals surface area (Å²) in [6.07, 6.45) is 5.92. The van der Waals surface area contributed by atoms with E-state index in [-0.39, 0.29) is 0 Å². The molecule has 0 spiro atoms. The van der Waals surface area contributed by atoms with Gasteiger partial charge in [0.1, 0.15) is 5.82 Å². The Hall–Kier alpha value is -1.07. The molecule has 5 nitrogen and oxygen atoms in total. The Balaban J connectivity index is 1.66. The highest BCUT2D eigenvalue weighted by atomic mass is 16.5. The Morgan fingerprint density at radius 2 is 2.50 bits per heavy atom. The van der Waals surface area contributed by atoms with Gasteiger partial charge >= 0.3 is 0 Å². The van der Waals surface area contributed by atoms with Crippen LogP contribution in [0.1, 0.15) is 26.2 Å². The second-order valence-electron chi connectivity index (χ2n) is 4.89. The van der Waals surface area contributed by atoms with Gasteiger partial charge in [0, 0.05) is 25.9 Å². The first kappa shape index (κ1) is 13.4. The quantitative estimate of drug-likeness (QED) is 0.796. The van der Waals surface area contributed by atoms with E-state index in [0.29, 0.717) is 11.9 Å². The Bertz CT molecular complexity index is 347. The summed E-state index contributed by atoms with van der Waals surface area (Å²) < 4.78 is 7.59. The monoisotopic (exact) mass is 252 g/mol. The van der Waals surface area contributed by atoms with E-state index in [1.165, 1.54) is 12.8 Å². The molecule has 0 radical (unpaired) electrons. The molecule has 1 fully saturated rings. The van der Waals surface area contributed by atoms with Crippen LogP contribution in [-0.2, 0) is 11.3 Å². The first-order chi connectivity index (χ1) is 8.78. The third-order valence-corrected chi connectivity index (χ3v) is 3.46. The van der Waals surface area contributed by atoms with Crippen molar-refractivity contribution >= 4 is 5.82 Å². The van der Waals surface area contributed by atoms with Gasteiger partial charge in [0.05, 0.1) is 6.10 Å². The van der Waals surface area contributed by atoms with Crippen LogP contribution in [-0.4, -0.2) is 47.0 Å². The first-order valence-electron chi connectivity index (χ1n) is 6.91. The van der Waals surface area contributed by atoms with Gasteiger partial charge in [0.2, 0.25) is 0 Å². The summed E-state index contributed by atoms with van der Waals surface area (Å²) in [7, 11) is 0. The van der Waals surface area contributed by atoms with E-state index in [0.717, 1.165) is 39.2 Å². The SMILES string of the molecule is CCN(CCCn1ccc(N)n1)CC1CCCO1. The van der Waals surface area contributed by atoms with Crippen LogP contribution in [0, 0.1) is 0 Å². The molecule has 102 valence electrons. The maximum absolute atomic E-state index is 5.68. The van der Waals surface area contributed by atoms with Crippen molar-refractivity contribution in [2.24, 2.45) is 0 Å². The van der Waals surface area contributed by atoms with E-state index in [1.54, 1.807) is 0 Å². The molecule has 0 bridgehead atoms. The van der Waals surface area contributed by atoms with Gasteiger partial charge in [-0.15, -0.1) is 0 Å². The lowest BCUT2D eigenvalue weighted by molar-refractivity contribution is 0.0740. The molecular formula is C13H24N4O. The van der Waals surface area contributed by atoms with Crippen molar-refractivity contribution < 1.29 is 4.74 Å². The number of ether oxygens (including phenoxy) is 1. The third kappa shape index (κ3) is 3.99. The van der Waals surface area contributed by atoms with Crippen LogP contribution in [0.4, 0.5) is 5.82 Å². The predicted molar refractivity (Wildman–Crippen MR) is 72.3 cm³/mol. The molecule has 1 unspecified atom stereocenters. The molecule has 18 heavy (non-hydrogen) atoms. The van der Waals surface area contributed by atoms with Gasteiger partial charge in [0.25, 0.3) is 0 Å². The zero-order valence-electron chi connectivity index (χ0n) is 11.2. The molecule has 0 saturated carbocycles. The molecule has 5 heteroatoms. The summed E-state index contributed by atoms with van der Waals surface area (Å²) in [4.78, 5) is 2.46. The number of likely N-dealkylation sites (N-methyl/N-ethyl adjacent to an activating group) is 1. The van der Waals surface area contributed by atoms with Crippen molar-refractivity contribution in [1.82, 2.24) is 14.7 Å². The highest BCUT2D eigenvalue weighted by Crippen LogP contribution is 2.13. The summed E-state index contributed by atoms with van der Waals surface area (Å²) in [6.45, 7) is 7.32. The van der Waals surface area contributed by atoms with Gasteiger partial charge in [-0.1, -0.05) is 6.92 Å². The van der Waals surface area contributed by atoms with Crippen LogP contribution in [0.3, 0.4) is 0 Å². The number of nitrogens with two attached hydrogens (primary N) is 1. The Morgan fingerprint density at radius 1 is 1.61 bits per heavy atom. The molecule has 1 aromatic rings. The smallest absolute Gasteiger partial charge is 0.145 e. The van der Waals surface area contributed by atoms with Crippen molar-refractivity contribution in [3.63, 3.8) is 0 Å². The lowest BCUT2D eigenvalue weighted by Gasteiger charge is -2.23. The molecule has 1 aliphatic heterocycles. The molecule has 1 atom stereocenters. The molecular weight excluding hydrogens is 228 g/mol. The predicted octanol–water partition coefficient (Wildman–Crippen LogP) is 1.36. The van der Waals surface area contributed by atoms with Gasteiger partial charge in [-0.3, -0.25) is 4.68 Å². The average Bonchev–Trinajstić information content (AvgIpc) is 3.00. The fourth-order valence-corrected chi connectivity index (χ4v) is 2.41. The van der Waals surface area contributed by atoms with Gasteiger partial charge < -0.3 is 15.4 Å². The minimum atomic E-state index is 0.449. The van der Waals surface area contributed by atoms with Crippen molar-refractivity contribution in [3.05, 3.63) is 12.3 Å². The zero-order valence-corrected chi connectivity index (χ0v) is 11.2. The average molecular weight is 252 g/mol. The number of aryl methyl sites for hydroxylation is 1. The van der Waals surface area contributed by atoms with Gasteiger partial charge in [-0.2, -0.15) is 5.10 Å². The number of hydrogen-bond donors (Lipinski definition) is 1. The van der Waals surface area contributed by atoms with E-state index < -0.39 is 0 Å². The summed E-state index contributed by atoms with van der Waals surface area (Å²) in [5, 5.41) is 4.19. The second-order valence-corrected chi connectivity index (χ2v) is 4.89. The second kappa shape index (κ2) is 6.75. The minimum Gasteiger partial charge on any atom is -0.382 e. The standard InChI is InChI=1S/C13H24N4O/c1-2-16(11-12-5-3-10-18-12)7-4-8-17-9-6-13(14)15-17/h6,9,12H,2-5,7-8,10-11H2,1H3,(H2,14,15). The molecule has 2 rings (SSSR count). The molecule has 1 aromatic heterocycles. The van der Waals surface area contributed by atoms with Crippen molar-refractivity contribution in [3.8, 4) is 0 Å². The van der Waals surface area contributed by atoms with Crippen molar-refractivity contribution in [1.29, 1.82) is 0 Å². The lowest BCUT2D eigenvalue weighted by atomic mass is 10.2. The molecule has 0 aliphatic carbocycles. The van der Waals surface area contributed by atoms with Crippen LogP contribution in [0.25, 0.3) is 0 Å². The fraction of sp³-hybridized carbons (Fsp3) is 0.769. The summed E-state index contributed by atoms with van der Waals surface area (Å²) >= 11 is 0. The van der Waals surface area contributed by atoms with Crippen LogP contribution in [0.2, 0.25) is 0 Å². The first-order valence-corrected chi connectivity index (χ1v) is 6.91. The number of rotatable bonds is 7. The van der Waals surface area contributed by atoms with Gasteiger partial charge in [-0.05, 0) is 38.4 Å². The number of anilines is 1. The summed E-state index contributed by atoms with van der Waals surface area (Å²) in [5.41, 5.74) is 5.59. The summed E-state index contributed by atoms with van der Waals surface area (Å²) in [6, 6.07) is 1.84. The van der Waals surface area contributed by atoms with Crippen LogP contribution in [0.5, 0.6) is 0 Å². The van der Waals surface area contributed by atoms with Crippen LogP contribution in [0.15, 0.2) is 12.3 Å². The molecule has 2 heterocycles. The molecule has 0 amide bonds. The van der Waals surface area contributed by atoms with Crippen LogP contribution < -0.4 is 5.73 Å². The number of hydrogen-bond acceptors (Lipinski definition) is 4. The van der Waals surface area contributed by atoms with E-state index in [2.05, 4.69) is 16.9 Å². The van der Waals surface area contributed by atoms with Gasteiger partial charge in [-0.25, -0.2) is 0 Å². The maximum atomic E-state index is 5.68. The molecule has 2 N–H and O–H groups in total. The Morgan fingerprint density at radius 3 is 3.11 bits per heavy atom. The minimum absolute atomic E-state index is 0.449.